The Labute approximate surface area is 166 Å². The molecule has 0 aromatic carbocycles. The summed E-state index contributed by atoms with van der Waals surface area (Å²) in [6, 6.07) is 0. The van der Waals surface area contributed by atoms with Crippen LogP contribution >= 0.6 is 15.9 Å². The second kappa shape index (κ2) is 8.72. The first kappa shape index (κ1) is 22.2. The van der Waals surface area contributed by atoms with Crippen LogP contribution in [0.25, 0.3) is 0 Å². The molecule has 26 heavy (non-hydrogen) atoms. The zero-order valence-electron chi connectivity index (χ0n) is 16.9. The number of carbonyl (C=O) groups is 1. The molecule has 0 radical (unpaired) electrons. The number of allylic oxidation sites excluding steroid dienone is 9. The van der Waals surface area contributed by atoms with E-state index in [9.17, 15) is 4.79 Å². The maximum Gasteiger partial charge on any atom is 0.186 e. The Morgan fingerprint density at radius 1 is 1.04 bits per heavy atom. The van der Waals surface area contributed by atoms with Gasteiger partial charge in [-0.2, -0.15) is 10.2 Å². The van der Waals surface area contributed by atoms with Crippen LogP contribution < -0.4 is 0 Å². The Kier molecular flexibility index (Phi) is 7.45. The summed E-state index contributed by atoms with van der Waals surface area (Å²) in [6.45, 7) is 18.1. The van der Waals surface area contributed by atoms with Crippen LogP contribution in [-0.2, 0) is 4.79 Å². The highest BCUT2D eigenvalue weighted by molar-refractivity contribution is 9.11. The fourth-order valence-corrected chi connectivity index (χ4v) is 2.45. The Morgan fingerprint density at radius 3 is 1.96 bits per heavy atom. The number of ketones is 1. The van der Waals surface area contributed by atoms with E-state index in [1.54, 1.807) is 12.3 Å². The van der Waals surface area contributed by atoms with Gasteiger partial charge in [-0.3, -0.25) is 4.79 Å². The number of hydrogen-bond donors (Lipinski definition) is 0. The van der Waals surface area contributed by atoms with Crippen molar-refractivity contribution in [3.63, 3.8) is 0 Å². The summed E-state index contributed by atoms with van der Waals surface area (Å²) >= 11 is 3.39. The first-order chi connectivity index (χ1) is 11.9. The third kappa shape index (κ3) is 6.49. The van der Waals surface area contributed by atoms with Gasteiger partial charge in [-0.15, -0.1) is 0 Å². The van der Waals surface area contributed by atoms with Crippen LogP contribution in [0.15, 0.2) is 80.3 Å². The van der Waals surface area contributed by atoms with Crippen molar-refractivity contribution < 1.29 is 4.79 Å². The molecule has 140 valence electrons. The second-order valence-corrected chi connectivity index (χ2v) is 9.20. The third-order valence-corrected chi connectivity index (χ3v) is 4.55. The summed E-state index contributed by atoms with van der Waals surface area (Å²) in [4.78, 5) is 12.9. The van der Waals surface area contributed by atoms with Crippen LogP contribution in [0.5, 0.6) is 0 Å². The van der Waals surface area contributed by atoms with Gasteiger partial charge < -0.3 is 0 Å². The quantitative estimate of drug-likeness (QED) is 0.352. The highest BCUT2D eigenvalue weighted by Gasteiger charge is 2.33. The van der Waals surface area contributed by atoms with Gasteiger partial charge in [0, 0.05) is 15.6 Å². The molecule has 0 aliphatic heterocycles. The van der Waals surface area contributed by atoms with Crippen molar-refractivity contribution >= 4 is 21.7 Å². The molecule has 0 bridgehead atoms. The SMILES string of the molecule is C=C(/C=C\C(Br)=C/C)N=NC=C1C=C(C(C)(C)C)C(=O)C(C(C)(C)C)=C1. The molecule has 0 amide bonds. The van der Waals surface area contributed by atoms with Crippen LogP contribution in [0.3, 0.4) is 0 Å². The van der Waals surface area contributed by atoms with Crippen LogP contribution in [0.4, 0.5) is 0 Å². The van der Waals surface area contributed by atoms with Crippen LogP contribution in [0.2, 0.25) is 0 Å². The summed E-state index contributed by atoms with van der Waals surface area (Å²) < 4.78 is 0.952. The molecule has 0 spiro atoms. The zero-order chi connectivity index (χ0) is 20.1. The van der Waals surface area contributed by atoms with Gasteiger partial charge in [0.1, 0.15) is 0 Å². The third-order valence-electron chi connectivity index (χ3n) is 3.83. The van der Waals surface area contributed by atoms with Gasteiger partial charge in [-0.1, -0.05) is 70.1 Å². The molecule has 0 heterocycles. The molecule has 0 saturated carbocycles. The predicted octanol–water partition coefficient (Wildman–Crippen LogP) is 7.22. The molecule has 0 atom stereocenters. The molecule has 3 nitrogen and oxygen atoms in total. The lowest BCUT2D eigenvalue weighted by Gasteiger charge is -2.31. The van der Waals surface area contributed by atoms with Crippen molar-refractivity contribution in [2.24, 2.45) is 21.1 Å². The lowest BCUT2D eigenvalue weighted by atomic mass is 9.72. The van der Waals surface area contributed by atoms with Gasteiger partial charge in [0.05, 0.1) is 11.9 Å². The Morgan fingerprint density at radius 2 is 1.54 bits per heavy atom. The average molecular weight is 417 g/mol. The van der Waals surface area contributed by atoms with Gasteiger partial charge in [-0.25, -0.2) is 0 Å². The average Bonchev–Trinajstić information content (AvgIpc) is 2.51. The van der Waals surface area contributed by atoms with Crippen molar-refractivity contribution in [2.45, 2.75) is 48.5 Å². The van der Waals surface area contributed by atoms with E-state index in [4.69, 9.17) is 0 Å². The highest BCUT2D eigenvalue weighted by atomic mass is 79.9. The predicted molar refractivity (Wildman–Crippen MR) is 114 cm³/mol. The Balaban J connectivity index is 3.17. The summed E-state index contributed by atoms with van der Waals surface area (Å²) in [5.74, 6) is 0.114. The molecular formula is C22H29BrN2O. The van der Waals surface area contributed by atoms with Crippen LogP contribution in [0.1, 0.15) is 48.5 Å². The fraction of sp³-hybridized carbons (Fsp3) is 0.409. The maximum absolute atomic E-state index is 12.9. The number of carbonyl (C=O) groups excluding carboxylic acids is 1. The molecular weight excluding hydrogens is 388 g/mol. The molecule has 4 heteroatoms. The molecule has 0 saturated heterocycles. The van der Waals surface area contributed by atoms with E-state index >= 15 is 0 Å². The van der Waals surface area contributed by atoms with E-state index in [1.807, 2.05) is 72.8 Å². The molecule has 1 rings (SSSR count). The van der Waals surface area contributed by atoms with Crippen LogP contribution in [-0.4, -0.2) is 5.78 Å². The van der Waals surface area contributed by atoms with Crippen LogP contribution in [0, 0.1) is 10.8 Å². The minimum absolute atomic E-state index is 0.114. The van der Waals surface area contributed by atoms with E-state index in [-0.39, 0.29) is 16.6 Å². The topological polar surface area (TPSA) is 41.8 Å². The summed E-state index contributed by atoms with van der Waals surface area (Å²) in [6.07, 6.45) is 11.1. The van der Waals surface area contributed by atoms with Gasteiger partial charge in [0.25, 0.3) is 0 Å². The summed E-state index contributed by atoms with van der Waals surface area (Å²) in [7, 11) is 0. The minimum Gasteiger partial charge on any atom is -0.289 e. The number of halogens is 1. The number of azo groups is 1. The maximum atomic E-state index is 12.9. The first-order valence-electron chi connectivity index (χ1n) is 8.65. The second-order valence-electron chi connectivity index (χ2n) is 8.29. The fourth-order valence-electron chi connectivity index (χ4n) is 2.31. The molecule has 1 aliphatic carbocycles. The van der Waals surface area contributed by atoms with Gasteiger partial charge in [-0.05, 0) is 47.6 Å². The van der Waals surface area contributed by atoms with E-state index in [2.05, 4.69) is 32.7 Å². The zero-order valence-corrected chi connectivity index (χ0v) is 18.4. The van der Waals surface area contributed by atoms with E-state index in [0.29, 0.717) is 5.70 Å². The summed E-state index contributed by atoms with van der Waals surface area (Å²) in [5, 5.41) is 8.23. The first-order valence-corrected chi connectivity index (χ1v) is 9.44. The molecule has 0 fully saturated rings. The number of hydrogen-bond acceptors (Lipinski definition) is 3. The van der Waals surface area contributed by atoms with Gasteiger partial charge in [0.15, 0.2) is 5.78 Å². The van der Waals surface area contributed by atoms with Crippen molar-refractivity contribution in [3.8, 4) is 0 Å². The molecule has 0 aromatic rings. The Hall–Kier alpha value is -1.81. The number of nitrogens with zero attached hydrogens (tertiary/aromatic N) is 2. The lowest BCUT2D eigenvalue weighted by molar-refractivity contribution is -0.114. The van der Waals surface area contributed by atoms with Gasteiger partial charge >= 0.3 is 0 Å². The number of rotatable bonds is 4. The van der Waals surface area contributed by atoms with E-state index in [0.717, 1.165) is 21.2 Å². The van der Waals surface area contributed by atoms with Crippen molar-refractivity contribution in [3.05, 3.63) is 70.1 Å². The summed E-state index contributed by atoms with van der Waals surface area (Å²) in [5.41, 5.74) is 2.54. The van der Waals surface area contributed by atoms with Gasteiger partial charge in [0.2, 0.25) is 0 Å². The van der Waals surface area contributed by atoms with E-state index in [1.165, 1.54) is 0 Å². The number of Topliss-reactive ketones (excluding diaryl/α,β-unsaturated/α-hetero) is 1. The van der Waals surface area contributed by atoms with E-state index < -0.39 is 0 Å². The molecule has 1 aliphatic rings. The van der Waals surface area contributed by atoms with Crippen molar-refractivity contribution in [2.75, 3.05) is 0 Å². The van der Waals surface area contributed by atoms with Crippen molar-refractivity contribution in [1.82, 2.24) is 0 Å². The monoisotopic (exact) mass is 416 g/mol. The normalized spacial score (nSPS) is 17.0. The molecule has 0 unspecified atom stereocenters. The lowest BCUT2D eigenvalue weighted by Crippen LogP contribution is -2.27. The molecule has 0 N–H and O–H groups in total. The highest BCUT2D eigenvalue weighted by Crippen LogP contribution is 2.38. The minimum atomic E-state index is -0.233. The molecule has 0 aromatic heterocycles. The standard InChI is InChI=1S/C22H29BrN2O/c1-9-17(23)11-10-15(2)25-24-14-16-12-18(21(3,4)5)20(26)19(13-16)22(6,7)8/h9-14H,2H2,1,3-8H3/b11-10-,17-9+,25-24?. The van der Waals surface area contributed by atoms with Crippen molar-refractivity contribution in [1.29, 1.82) is 0 Å². The Bertz CT molecular complexity index is 725. The largest absolute Gasteiger partial charge is 0.289 e. The smallest absolute Gasteiger partial charge is 0.186 e.